The number of nitrogens with zero attached hydrogens (tertiary/aromatic N) is 8. The number of anilines is 1. The lowest BCUT2D eigenvalue weighted by molar-refractivity contribution is 0.384. The van der Waals surface area contributed by atoms with Crippen LogP contribution >= 0.6 is 0 Å². The van der Waals surface area contributed by atoms with E-state index in [1.54, 1.807) is 42.3 Å². The average molecular weight is 469 g/mol. The third-order valence-corrected chi connectivity index (χ3v) is 7.75. The van der Waals surface area contributed by atoms with Gasteiger partial charge < -0.3 is 14.2 Å². The van der Waals surface area contributed by atoms with Crippen molar-refractivity contribution in [1.29, 1.82) is 0 Å². The van der Waals surface area contributed by atoms with Crippen LogP contribution in [0.15, 0.2) is 47.9 Å². The molecule has 0 amide bonds. The van der Waals surface area contributed by atoms with Gasteiger partial charge in [-0.1, -0.05) is 0 Å². The highest BCUT2D eigenvalue weighted by Gasteiger charge is 2.30. The van der Waals surface area contributed by atoms with Gasteiger partial charge in [0.2, 0.25) is 10.0 Å². The maximum atomic E-state index is 13.1. The number of methoxy groups -OCH3 is 1. The fourth-order valence-corrected chi connectivity index (χ4v) is 5.47. The zero-order chi connectivity index (χ0) is 23.2. The quantitative estimate of drug-likeness (QED) is 0.431. The van der Waals surface area contributed by atoms with Crippen LogP contribution in [0.1, 0.15) is 0 Å². The first-order chi connectivity index (χ1) is 15.9. The van der Waals surface area contributed by atoms with Crippen LogP contribution in [0.2, 0.25) is 0 Å². The van der Waals surface area contributed by atoms with Crippen LogP contribution in [0.5, 0.6) is 5.75 Å². The Labute approximate surface area is 191 Å². The second kappa shape index (κ2) is 8.12. The number of ether oxygens (including phenoxy) is 1. The molecule has 11 nitrogen and oxygen atoms in total. The molecule has 33 heavy (non-hydrogen) atoms. The van der Waals surface area contributed by atoms with Crippen molar-refractivity contribution in [1.82, 2.24) is 33.6 Å². The van der Waals surface area contributed by atoms with Gasteiger partial charge in [-0.15, -0.1) is 0 Å². The van der Waals surface area contributed by atoms with Crippen molar-refractivity contribution in [2.45, 2.75) is 4.90 Å². The number of benzene rings is 1. The predicted molar refractivity (Wildman–Crippen MR) is 122 cm³/mol. The van der Waals surface area contributed by atoms with Crippen LogP contribution in [0.25, 0.3) is 22.6 Å². The lowest BCUT2D eigenvalue weighted by atomic mass is 10.3. The Morgan fingerprint density at radius 2 is 1.73 bits per heavy atom. The number of imidazole rings is 1. The summed E-state index contributed by atoms with van der Waals surface area (Å²) in [6.07, 6.45) is 5.18. The molecule has 172 valence electrons. The molecule has 12 heteroatoms. The van der Waals surface area contributed by atoms with E-state index in [9.17, 15) is 8.42 Å². The van der Waals surface area contributed by atoms with Gasteiger partial charge in [0.25, 0.3) is 0 Å². The number of aryl methyl sites for hydroxylation is 2. The van der Waals surface area contributed by atoms with Gasteiger partial charge in [0.1, 0.15) is 17.9 Å². The molecule has 4 aromatic rings. The van der Waals surface area contributed by atoms with Crippen LogP contribution in [-0.2, 0) is 24.1 Å². The molecule has 0 atom stereocenters. The van der Waals surface area contributed by atoms with Crippen molar-refractivity contribution in [3.63, 3.8) is 0 Å². The van der Waals surface area contributed by atoms with Crippen molar-refractivity contribution in [3.8, 4) is 17.1 Å². The van der Waals surface area contributed by atoms with Crippen molar-refractivity contribution in [2.24, 2.45) is 14.1 Å². The van der Waals surface area contributed by atoms with Gasteiger partial charge in [-0.3, -0.25) is 4.68 Å². The highest BCUT2D eigenvalue weighted by atomic mass is 32.2. The van der Waals surface area contributed by atoms with E-state index < -0.39 is 10.0 Å². The highest BCUT2D eigenvalue weighted by Crippen LogP contribution is 2.29. The van der Waals surface area contributed by atoms with Gasteiger partial charge in [0.15, 0.2) is 17.0 Å². The number of piperazine rings is 1. The predicted octanol–water partition coefficient (Wildman–Crippen LogP) is 1.28. The Morgan fingerprint density at radius 1 is 1.00 bits per heavy atom. The van der Waals surface area contributed by atoms with E-state index in [1.807, 2.05) is 24.9 Å². The van der Waals surface area contributed by atoms with Gasteiger partial charge in [-0.2, -0.15) is 9.40 Å². The standard InChI is InChI=1S/C21H24N8O3S/c1-26-13-15(12-24-26)19-25-18-20(27(19)2)22-14-23-21(18)28-8-10-29(11-9-28)33(30,31)17-6-4-16(32-3)5-7-17/h4-7,12-14H,8-11H2,1-3H3. The van der Waals surface area contributed by atoms with Crippen LogP contribution in [0.3, 0.4) is 0 Å². The molecular formula is C21H24N8O3S. The maximum absolute atomic E-state index is 13.1. The molecule has 5 rings (SSSR count). The van der Waals surface area contributed by atoms with Gasteiger partial charge in [0, 0.05) is 46.5 Å². The van der Waals surface area contributed by atoms with Crippen LogP contribution in [0, 0.1) is 0 Å². The number of rotatable bonds is 5. The third kappa shape index (κ3) is 3.70. The normalized spacial score (nSPS) is 15.3. The van der Waals surface area contributed by atoms with E-state index in [2.05, 4.69) is 20.0 Å². The number of fused-ring (bicyclic) bond motifs is 1. The fourth-order valence-electron chi connectivity index (χ4n) is 4.05. The first-order valence-corrected chi connectivity index (χ1v) is 11.9. The van der Waals surface area contributed by atoms with Crippen molar-refractivity contribution < 1.29 is 13.2 Å². The van der Waals surface area contributed by atoms with Crippen molar-refractivity contribution in [3.05, 3.63) is 43.0 Å². The van der Waals surface area contributed by atoms with Crippen LogP contribution in [0.4, 0.5) is 5.82 Å². The zero-order valence-corrected chi connectivity index (χ0v) is 19.4. The molecule has 0 unspecified atom stereocenters. The molecular weight excluding hydrogens is 444 g/mol. The molecule has 0 N–H and O–H groups in total. The topological polar surface area (TPSA) is 111 Å². The lowest BCUT2D eigenvalue weighted by Crippen LogP contribution is -2.49. The SMILES string of the molecule is COc1ccc(S(=O)(=O)N2CCN(c3ncnc4c3nc(-c3cnn(C)c3)n4C)CC2)cc1. The minimum Gasteiger partial charge on any atom is -0.497 e. The van der Waals surface area contributed by atoms with E-state index in [0.29, 0.717) is 48.9 Å². The summed E-state index contributed by atoms with van der Waals surface area (Å²) in [5.74, 6) is 2.07. The van der Waals surface area contributed by atoms with Crippen LogP contribution in [-0.4, -0.2) is 75.3 Å². The number of hydrogen-bond donors (Lipinski definition) is 0. The van der Waals surface area contributed by atoms with E-state index in [4.69, 9.17) is 9.72 Å². The molecule has 0 aliphatic carbocycles. The molecule has 1 aliphatic rings. The molecule has 1 fully saturated rings. The summed E-state index contributed by atoms with van der Waals surface area (Å²) >= 11 is 0. The Hall–Kier alpha value is -3.51. The molecule has 3 aromatic heterocycles. The molecule has 4 heterocycles. The average Bonchev–Trinajstić information content (AvgIpc) is 3.42. The van der Waals surface area contributed by atoms with E-state index in [-0.39, 0.29) is 4.90 Å². The smallest absolute Gasteiger partial charge is 0.243 e. The molecule has 1 saturated heterocycles. The summed E-state index contributed by atoms with van der Waals surface area (Å²) in [6.45, 7) is 1.70. The highest BCUT2D eigenvalue weighted by molar-refractivity contribution is 7.89. The van der Waals surface area contributed by atoms with Crippen molar-refractivity contribution in [2.75, 3.05) is 38.2 Å². The lowest BCUT2D eigenvalue weighted by Gasteiger charge is -2.34. The monoisotopic (exact) mass is 468 g/mol. The summed E-state index contributed by atoms with van der Waals surface area (Å²) in [5.41, 5.74) is 2.29. The van der Waals surface area contributed by atoms with Crippen molar-refractivity contribution >= 4 is 27.0 Å². The molecule has 0 radical (unpaired) electrons. The first kappa shape index (κ1) is 21.3. The van der Waals surface area contributed by atoms with E-state index in [0.717, 1.165) is 11.4 Å². The summed E-state index contributed by atoms with van der Waals surface area (Å²) in [7, 11) is 1.74. The summed E-state index contributed by atoms with van der Waals surface area (Å²) in [4.78, 5) is 16.0. The number of sulfonamides is 1. The van der Waals surface area contributed by atoms with E-state index in [1.165, 1.54) is 10.6 Å². The Morgan fingerprint density at radius 3 is 2.36 bits per heavy atom. The molecule has 1 aliphatic heterocycles. The molecule has 0 saturated carbocycles. The zero-order valence-electron chi connectivity index (χ0n) is 18.6. The third-order valence-electron chi connectivity index (χ3n) is 5.84. The Kier molecular flexibility index (Phi) is 5.25. The molecule has 0 bridgehead atoms. The molecule has 0 spiro atoms. The summed E-state index contributed by atoms with van der Waals surface area (Å²) < 4.78 is 36.4. The fraction of sp³-hybridized carbons (Fsp3) is 0.333. The Balaban J connectivity index is 1.39. The maximum Gasteiger partial charge on any atom is 0.243 e. The largest absolute Gasteiger partial charge is 0.497 e. The number of hydrogen-bond acceptors (Lipinski definition) is 8. The van der Waals surface area contributed by atoms with Crippen LogP contribution < -0.4 is 9.64 Å². The van der Waals surface area contributed by atoms with E-state index >= 15 is 0 Å². The second-order valence-electron chi connectivity index (χ2n) is 7.83. The first-order valence-electron chi connectivity index (χ1n) is 10.4. The summed E-state index contributed by atoms with van der Waals surface area (Å²) in [6, 6.07) is 6.45. The Bertz CT molecular complexity index is 1400. The second-order valence-corrected chi connectivity index (χ2v) is 9.77. The number of aromatic nitrogens is 6. The minimum atomic E-state index is -3.58. The van der Waals surface area contributed by atoms with Gasteiger partial charge >= 0.3 is 0 Å². The summed E-state index contributed by atoms with van der Waals surface area (Å²) in [5, 5.41) is 4.23. The molecule has 1 aromatic carbocycles. The van der Waals surface area contributed by atoms with Gasteiger partial charge in [0.05, 0.1) is 23.8 Å². The minimum absolute atomic E-state index is 0.256. The van der Waals surface area contributed by atoms with Gasteiger partial charge in [-0.05, 0) is 24.3 Å². The van der Waals surface area contributed by atoms with Gasteiger partial charge in [-0.25, -0.2) is 23.4 Å².